The Morgan fingerprint density at radius 2 is 1.83 bits per heavy atom. The van der Waals surface area contributed by atoms with Crippen molar-refractivity contribution in [3.05, 3.63) is 0 Å². The lowest BCUT2D eigenvalue weighted by molar-refractivity contribution is -0.156. The van der Waals surface area contributed by atoms with Crippen LogP contribution in [0, 0.1) is 5.41 Å². The first kappa shape index (κ1) is 10.9. The molecule has 0 atom stereocenters. The van der Waals surface area contributed by atoms with E-state index in [4.69, 9.17) is 4.74 Å². The maximum Gasteiger partial charge on any atom is 0.311 e. The van der Waals surface area contributed by atoms with E-state index in [0.717, 1.165) is 0 Å². The summed E-state index contributed by atoms with van der Waals surface area (Å²) < 4.78 is 4.71. The average Bonchev–Trinajstić information content (AvgIpc) is 1.97. The number of ether oxygens (including phenoxy) is 1. The standard InChI is InChI=1S/C8H15NO3/c1-8(2,3)7(11)12-5-6(10)9-4/h5H2,1-4H3,(H,9,10). The van der Waals surface area contributed by atoms with Gasteiger partial charge in [0.25, 0.3) is 5.91 Å². The van der Waals surface area contributed by atoms with Gasteiger partial charge in [0.2, 0.25) is 0 Å². The average molecular weight is 173 g/mol. The van der Waals surface area contributed by atoms with Crippen LogP contribution in [0.1, 0.15) is 20.8 Å². The number of hydrogen-bond donors (Lipinski definition) is 1. The molecule has 70 valence electrons. The van der Waals surface area contributed by atoms with Crippen molar-refractivity contribution in [3.63, 3.8) is 0 Å². The summed E-state index contributed by atoms with van der Waals surface area (Å²) in [5, 5.41) is 2.36. The molecule has 0 saturated heterocycles. The second kappa shape index (κ2) is 4.09. The van der Waals surface area contributed by atoms with E-state index in [-0.39, 0.29) is 18.5 Å². The number of rotatable bonds is 2. The molecule has 0 saturated carbocycles. The third kappa shape index (κ3) is 3.95. The molecule has 4 heteroatoms. The van der Waals surface area contributed by atoms with E-state index >= 15 is 0 Å². The molecule has 0 aromatic rings. The molecule has 0 aromatic carbocycles. The summed E-state index contributed by atoms with van der Waals surface area (Å²) in [6.07, 6.45) is 0. The third-order valence-corrected chi connectivity index (χ3v) is 1.23. The van der Waals surface area contributed by atoms with Crippen molar-refractivity contribution < 1.29 is 14.3 Å². The SMILES string of the molecule is CNC(=O)COC(=O)C(C)(C)C. The first-order valence-corrected chi connectivity index (χ1v) is 3.75. The molecule has 0 aliphatic carbocycles. The Morgan fingerprint density at radius 3 is 2.17 bits per heavy atom. The highest BCUT2D eigenvalue weighted by atomic mass is 16.5. The van der Waals surface area contributed by atoms with Crippen LogP contribution < -0.4 is 5.32 Å². The molecule has 0 aromatic heterocycles. The largest absolute Gasteiger partial charge is 0.455 e. The molecule has 12 heavy (non-hydrogen) atoms. The molecule has 0 aliphatic heterocycles. The monoisotopic (exact) mass is 173 g/mol. The van der Waals surface area contributed by atoms with Crippen LogP contribution in [0.4, 0.5) is 0 Å². The van der Waals surface area contributed by atoms with Gasteiger partial charge in [-0.15, -0.1) is 0 Å². The molecule has 4 nitrogen and oxygen atoms in total. The van der Waals surface area contributed by atoms with E-state index in [1.54, 1.807) is 20.8 Å². The molecule has 0 spiro atoms. The highest BCUT2D eigenvalue weighted by Crippen LogP contribution is 2.14. The zero-order valence-corrected chi connectivity index (χ0v) is 7.93. The number of hydrogen-bond acceptors (Lipinski definition) is 3. The first-order chi connectivity index (χ1) is 5.38. The third-order valence-electron chi connectivity index (χ3n) is 1.23. The Bertz CT molecular complexity index is 181. The highest BCUT2D eigenvalue weighted by molar-refractivity contribution is 5.81. The molecule has 0 rings (SSSR count). The van der Waals surface area contributed by atoms with Crippen molar-refractivity contribution in [1.82, 2.24) is 5.32 Å². The fraction of sp³-hybridized carbons (Fsp3) is 0.750. The Morgan fingerprint density at radius 1 is 1.33 bits per heavy atom. The Hall–Kier alpha value is -1.06. The van der Waals surface area contributed by atoms with Gasteiger partial charge in [-0.05, 0) is 20.8 Å². The Labute approximate surface area is 72.3 Å². The fourth-order valence-corrected chi connectivity index (χ4v) is 0.420. The lowest BCUT2D eigenvalue weighted by atomic mass is 9.97. The number of carbonyl (C=O) groups is 2. The normalized spacial score (nSPS) is 10.7. The molecule has 0 fully saturated rings. The number of amides is 1. The molecule has 0 radical (unpaired) electrons. The summed E-state index contributed by atoms with van der Waals surface area (Å²) >= 11 is 0. The zero-order valence-electron chi connectivity index (χ0n) is 7.93. The minimum Gasteiger partial charge on any atom is -0.455 e. The van der Waals surface area contributed by atoms with Crippen molar-refractivity contribution in [1.29, 1.82) is 0 Å². The minimum atomic E-state index is -0.548. The molecule has 1 amide bonds. The van der Waals surface area contributed by atoms with Crippen LogP contribution in [0.3, 0.4) is 0 Å². The van der Waals surface area contributed by atoms with E-state index in [2.05, 4.69) is 5.32 Å². The van der Waals surface area contributed by atoms with Crippen molar-refractivity contribution in [2.24, 2.45) is 5.41 Å². The van der Waals surface area contributed by atoms with Crippen LogP contribution in [-0.2, 0) is 14.3 Å². The summed E-state index contributed by atoms with van der Waals surface area (Å²) in [6.45, 7) is 5.00. The molecule has 1 N–H and O–H groups in total. The number of likely N-dealkylation sites (N-methyl/N-ethyl adjacent to an activating group) is 1. The van der Waals surface area contributed by atoms with E-state index in [9.17, 15) is 9.59 Å². The van der Waals surface area contributed by atoms with Crippen LogP contribution in [0.15, 0.2) is 0 Å². The van der Waals surface area contributed by atoms with Gasteiger partial charge in [-0.1, -0.05) is 0 Å². The van der Waals surface area contributed by atoms with E-state index in [1.807, 2.05) is 0 Å². The smallest absolute Gasteiger partial charge is 0.311 e. The van der Waals surface area contributed by atoms with E-state index in [1.165, 1.54) is 7.05 Å². The molecule has 0 bridgehead atoms. The van der Waals surface area contributed by atoms with Crippen molar-refractivity contribution in [3.8, 4) is 0 Å². The van der Waals surface area contributed by atoms with Gasteiger partial charge in [-0.3, -0.25) is 9.59 Å². The summed E-state index contributed by atoms with van der Waals surface area (Å²) in [6, 6.07) is 0. The van der Waals surface area contributed by atoms with Crippen LogP contribution >= 0.6 is 0 Å². The predicted molar refractivity (Wildman–Crippen MR) is 44.5 cm³/mol. The maximum atomic E-state index is 11.1. The first-order valence-electron chi connectivity index (χ1n) is 3.75. The van der Waals surface area contributed by atoms with Crippen LogP contribution in [0.5, 0.6) is 0 Å². The molecular formula is C8H15NO3. The van der Waals surface area contributed by atoms with Gasteiger partial charge in [-0.25, -0.2) is 0 Å². The van der Waals surface area contributed by atoms with Gasteiger partial charge < -0.3 is 10.1 Å². The second-order valence-electron chi connectivity index (χ2n) is 3.50. The lowest BCUT2D eigenvalue weighted by Crippen LogP contribution is -2.29. The van der Waals surface area contributed by atoms with Gasteiger partial charge in [0, 0.05) is 7.05 Å². The van der Waals surface area contributed by atoms with Crippen LogP contribution in [0.2, 0.25) is 0 Å². The molecule has 0 heterocycles. The molecule has 0 unspecified atom stereocenters. The van der Waals surface area contributed by atoms with Crippen molar-refractivity contribution >= 4 is 11.9 Å². The van der Waals surface area contributed by atoms with Gasteiger partial charge >= 0.3 is 5.97 Å². The van der Waals surface area contributed by atoms with Crippen LogP contribution in [-0.4, -0.2) is 25.5 Å². The van der Waals surface area contributed by atoms with Crippen molar-refractivity contribution in [2.75, 3.05) is 13.7 Å². The topological polar surface area (TPSA) is 55.4 Å². The minimum absolute atomic E-state index is 0.202. The highest BCUT2D eigenvalue weighted by Gasteiger charge is 2.23. The maximum absolute atomic E-state index is 11.1. The fourth-order valence-electron chi connectivity index (χ4n) is 0.420. The number of carbonyl (C=O) groups excluding carboxylic acids is 2. The molecule has 0 aliphatic rings. The van der Waals surface area contributed by atoms with E-state index < -0.39 is 5.41 Å². The number of nitrogens with one attached hydrogen (secondary N) is 1. The molecular weight excluding hydrogens is 158 g/mol. The summed E-state index contributed by atoms with van der Waals surface area (Å²) in [5.74, 6) is -0.668. The van der Waals surface area contributed by atoms with Gasteiger partial charge in [-0.2, -0.15) is 0 Å². The second-order valence-corrected chi connectivity index (χ2v) is 3.50. The summed E-state index contributed by atoms with van der Waals surface area (Å²) in [7, 11) is 1.49. The summed E-state index contributed by atoms with van der Waals surface area (Å²) in [4.78, 5) is 21.7. The zero-order chi connectivity index (χ0) is 9.78. The van der Waals surface area contributed by atoms with E-state index in [0.29, 0.717) is 0 Å². The van der Waals surface area contributed by atoms with Crippen molar-refractivity contribution in [2.45, 2.75) is 20.8 Å². The van der Waals surface area contributed by atoms with Gasteiger partial charge in [0.1, 0.15) is 0 Å². The Balaban J connectivity index is 3.81. The lowest BCUT2D eigenvalue weighted by Gasteiger charge is -2.15. The predicted octanol–water partition coefficient (Wildman–Crippen LogP) is 0.322. The quantitative estimate of drug-likeness (QED) is 0.612. The Kier molecular flexibility index (Phi) is 3.73. The number of esters is 1. The van der Waals surface area contributed by atoms with Gasteiger partial charge in [0.15, 0.2) is 6.61 Å². The van der Waals surface area contributed by atoms with Gasteiger partial charge in [0.05, 0.1) is 5.41 Å². The van der Waals surface area contributed by atoms with Crippen LogP contribution in [0.25, 0.3) is 0 Å². The summed E-state index contributed by atoms with van der Waals surface area (Å²) in [5.41, 5.74) is -0.548.